The van der Waals surface area contributed by atoms with Crippen LogP contribution in [0, 0.1) is 11.3 Å². The number of nitriles is 1. The molecule has 4 aromatic carbocycles. The van der Waals surface area contributed by atoms with Crippen molar-refractivity contribution in [1.82, 2.24) is 25.1 Å². The van der Waals surface area contributed by atoms with Gasteiger partial charge in [-0.05, 0) is 51.7 Å². The van der Waals surface area contributed by atoms with Crippen LogP contribution in [0.15, 0.2) is 84.9 Å². The van der Waals surface area contributed by atoms with Crippen molar-refractivity contribution < 1.29 is 19.1 Å². The molecule has 240 valence electrons. The van der Waals surface area contributed by atoms with Gasteiger partial charge in [0.2, 0.25) is 11.8 Å². The lowest BCUT2D eigenvalue weighted by atomic mass is 9.99. The normalized spacial score (nSPS) is 17.8. The molecule has 0 radical (unpaired) electrons. The van der Waals surface area contributed by atoms with E-state index < -0.39 is 18.2 Å². The fourth-order valence-corrected chi connectivity index (χ4v) is 6.60. The predicted molar refractivity (Wildman–Crippen MR) is 178 cm³/mol. The van der Waals surface area contributed by atoms with E-state index in [0.29, 0.717) is 27.9 Å². The first-order valence-corrected chi connectivity index (χ1v) is 15.8. The van der Waals surface area contributed by atoms with Crippen LogP contribution in [0.2, 0.25) is 10.0 Å². The molecule has 0 unspecified atom stereocenters. The van der Waals surface area contributed by atoms with Gasteiger partial charge in [0, 0.05) is 19.5 Å². The lowest BCUT2D eigenvalue weighted by molar-refractivity contribution is -0.157. The Hall–Kier alpha value is -4.82. The van der Waals surface area contributed by atoms with Gasteiger partial charge < -0.3 is 19.9 Å². The summed E-state index contributed by atoms with van der Waals surface area (Å²) >= 11 is 12.2. The number of nitrogens with zero attached hydrogens (tertiary/aromatic N) is 5. The van der Waals surface area contributed by atoms with E-state index in [9.17, 15) is 19.6 Å². The number of piperazine rings is 1. The van der Waals surface area contributed by atoms with Crippen molar-refractivity contribution in [3.63, 3.8) is 0 Å². The average Bonchev–Trinajstić information content (AvgIpc) is 3.41. The van der Waals surface area contributed by atoms with Crippen LogP contribution in [0.3, 0.4) is 0 Å². The molecular weight excluding hydrogens is 639 g/mol. The molecule has 4 aromatic rings. The molecule has 2 saturated heterocycles. The summed E-state index contributed by atoms with van der Waals surface area (Å²) in [5, 5.41) is 18.2. The molecule has 4 amide bonds. The average molecular weight is 672 g/mol. The Morgan fingerprint density at radius 2 is 1.74 bits per heavy atom. The van der Waals surface area contributed by atoms with Gasteiger partial charge in [0.25, 0.3) is 0 Å². The molecule has 0 spiro atoms. The Kier molecular flexibility index (Phi) is 9.50. The summed E-state index contributed by atoms with van der Waals surface area (Å²) in [6, 6.07) is 27.1. The van der Waals surface area contributed by atoms with E-state index in [2.05, 4.69) is 11.4 Å². The number of carbonyl (C=O) groups excluding carboxylic acids is 3. The Labute approximate surface area is 282 Å². The standard InChI is InChI=1S/C35H32Cl2N6O4/c1-47-27-12-9-23(10-13-27)18-31-34(45)40(20-26-7-4-6-25-5-2-3-8-28(25)26)21-32-42(22-33(44)43(31)32)41(16-15-38)35(46)39-19-24-11-14-29(36)30(37)17-24/h2-14,17,31-32H,16,18-22H2,1H3,(H,39,46)/t31-,32+/m0/s1. The summed E-state index contributed by atoms with van der Waals surface area (Å²) in [4.78, 5) is 44.9. The van der Waals surface area contributed by atoms with Crippen molar-refractivity contribution >= 4 is 51.8 Å². The summed E-state index contributed by atoms with van der Waals surface area (Å²) in [6.45, 7) is 0.119. The van der Waals surface area contributed by atoms with Crippen LogP contribution in [0.1, 0.15) is 16.7 Å². The second kappa shape index (κ2) is 13.9. The molecule has 2 aliphatic heterocycles. The molecule has 10 nitrogen and oxygen atoms in total. The fourth-order valence-electron chi connectivity index (χ4n) is 6.28. The minimum Gasteiger partial charge on any atom is -0.497 e. The lowest BCUT2D eigenvalue weighted by Gasteiger charge is -2.46. The summed E-state index contributed by atoms with van der Waals surface area (Å²) in [6.07, 6.45) is -0.408. The van der Waals surface area contributed by atoms with Gasteiger partial charge in [-0.1, -0.05) is 83.9 Å². The minimum absolute atomic E-state index is 0.125. The molecule has 2 aliphatic rings. The van der Waals surface area contributed by atoms with Crippen LogP contribution in [-0.2, 0) is 29.1 Å². The molecule has 0 bridgehead atoms. The number of nitrogens with one attached hydrogen (secondary N) is 1. The third-order valence-corrected chi connectivity index (χ3v) is 9.33. The van der Waals surface area contributed by atoms with Gasteiger partial charge in [0.15, 0.2) is 0 Å². The van der Waals surface area contributed by atoms with Crippen molar-refractivity contribution in [2.45, 2.75) is 31.7 Å². The second-order valence-electron chi connectivity index (χ2n) is 11.4. The number of urea groups is 1. The van der Waals surface area contributed by atoms with E-state index in [1.54, 1.807) is 40.1 Å². The number of hydrogen-bond donors (Lipinski definition) is 1. The lowest BCUT2D eigenvalue weighted by Crippen LogP contribution is -2.66. The van der Waals surface area contributed by atoms with Crippen LogP contribution < -0.4 is 10.1 Å². The minimum atomic E-state index is -0.821. The number of hydrogen-bond acceptors (Lipinski definition) is 6. The van der Waals surface area contributed by atoms with E-state index in [1.807, 2.05) is 66.7 Å². The molecule has 1 N–H and O–H groups in total. The van der Waals surface area contributed by atoms with Crippen molar-refractivity contribution in [3.05, 3.63) is 112 Å². The molecule has 0 aliphatic carbocycles. The number of halogens is 2. The molecule has 47 heavy (non-hydrogen) atoms. The highest BCUT2D eigenvalue weighted by Crippen LogP contribution is 2.31. The van der Waals surface area contributed by atoms with Gasteiger partial charge in [0.05, 0.1) is 36.3 Å². The van der Waals surface area contributed by atoms with Crippen LogP contribution >= 0.6 is 23.2 Å². The zero-order valence-corrected chi connectivity index (χ0v) is 27.1. The second-order valence-corrected chi connectivity index (χ2v) is 12.2. The fraction of sp³-hybridized carbons (Fsp3) is 0.257. The van der Waals surface area contributed by atoms with Crippen LogP contribution in [0.25, 0.3) is 10.8 Å². The molecule has 0 saturated carbocycles. The maximum absolute atomic E-state index is 14.3. The van der Waals surface area contributed by atoms with Crippen molar-refractivity contribution in [3.8, 4) is 11.8 Å². The Morgan fingerprint density at radius 3 is 2.49 bits per heavy atom. The number of hydrazine groups is 1. The number of amides is 4. The molecule has 2 heterocycles. The van der Waals surface area contributed by atoms with Gasteiger partial charge >= 0.3 is 6.03 Å². The summed E-state index contributed by atoms with van der Waals surface area (Å²) in [5.74, 6) is 0.199. The van der Waals surface area contributed by atoms with Crippen LogP contribution in [-0.4, -0.2) is 76.6 Å². The number of fused-ring (bicyclic) bond motifs is 2. The smallest absolute Gasteiger partial charge is 0.333 e. The first-order valence-electron chi connectivity index (χ1n) is 15.1. The van der Waals surface area contributed by atoms with E-state index >= 15 is 0 Å². The van der Waals surface area contributed by atoms with E-state index in [-0.39, 0.29) is 44.4 Å². The third-order valence-electron chi connectivity index (χ3n) is 8.59. The zero-order valence-electron chi connectivity index (χ0n) is 25.6. The molecule has 0 aromatic heterocycles. The first-order chi connectivity index (χ1) is 22.8. The highest BCUT2D eigenvalue weighted by molar-refractivity contribution is 6.42. The number of carbonyl (C=O) groups is 3. The third kappa shape index (κ3) is 6.69. The highest BCUT2D eigenvalue weighted by atomic mass is 35.5. The number of benzene rings is 4. The molecule has 2 fully saturated rings. The van der Waals surface area contributed by atoms with E-state index in [4.69, 9.17) is 27.9 Å². The summed E-state index contributed by atoms with van der Waals surface area (Å²) < 4.78 is 5.30. The molecule has 2 atom stereocenters. The predicted octanol–water partition coefficient (Wildman–Crippen LogP) is 5.23. The van der Waals surface area contributed by atoms with Crippen molar-refractivity contribution in [2.24, 2.45) is 0 Å². The van der Waals surface area contributed by atoms with Gasteiger partial charge in [-0.25, -0.2) is 9.80 Å². The first kappa shape index (κ1) is 32.1. The van der Waals surface area contributed by atoms with E-state index in [1.165, 1.54) is 5.01 Å². The highest BCUT2D eigenvalue weighted by Gasteiger charge is 2.52. The zero-order chi connectivity index (χ0) is 33.1. The molecule has 6 rings (SSSR count). The maximum atomic E-state index is 14.3. The number of methoxy groups -OCH3 is 1. The van der Waals surface area contributed by atoms with Crippen molar-refractivity contribution in [2.75, 3.05) is 26.7 Å². The molecular formula is C35H32Cl2N6O4. The van der Waals surface area contributed by atoms with Gasteiger partial charge in [0.1, 0.15) is 24.5 Å². The summed E-state index contributed by atoms with van der Waals surface area (Å²) in [5.41, 5.74) is 2.54. The monoisotopic (exact) mass is 670 g/mol. The number of rotatable bonds is 9. The van der Waals surface area contributed by atoms with Crippen molar-refractivity contribution in [1.29, 1.82) is 5.26 Å². The van der Waals surface area contributed by atoms with Crippen LogP contribution in [0.5, 0.6) is 5.75 Å². The van der Waals surface area contributed by atoms with Gasteiger partial charge in [-0.15, -0.1) is 0 Å². The van der Waals surface area contributed by atoms with E-state index in [0.717, 1.165) is 21.9 Å². The molecule has 12 heteroatoms. The quantitative estimate of drug-likeness (QED) is 0.244. The largest absolute Gasteiger partial charge is 0.497 e. The van der Waals surface area contributed by atoms with Gasteiger partial charge in [-0.3, -0.25) is 9.59 Å². The van der Waals surface area contributed by atoms with Crippen LogP contribution in [0.4, 0.5) is 4.79 Å². The topological polar surface area (TPSA) is 109 Å². The Morgan fingerprint density at radius 1 is 1.00 bits per heavy atom. The SMILES string of the molecule is COc1ccc(C[C@H]2C(=O)N(Cc3cccc4ccccc34)C[C@H]3N2C(=O)CN3N(CC#N)C(=O)NCc2ccc(Cl)c(Cl)c2)cc1. The number of ether oxygens (including phenoxy) is 1. The van der Waals surface area contributed by atoms with Gasteiger partial charge in [-0.2, -0.15) is 10.3 Å². The summed E-state index contributed by atoms with van der Waals surface area (Å²) in [7, 11) is 1.58. The Bertz CT molecular complexity index is 1860. The Balaban J connectivity index is 1.31. The maximum Gasteiger partial charge on any atom is 0.333 e.